The van der Waals surface area contributed by atoms with E-state index in [0.717, 1.165) is 22.9 Å². The van der Waals surface area contributed by atoms with Gasteiger partial charge >= 0.3 is 0 Å². The number of amides is 1. The third-order valence-electron chi connectivity index (χ3n) is 4.58. The third-order valence-corrected chi connectivity index (χ3v) is 5.33. The number of benzene rings is 2. The van der Waals surface area contributed by atoms with Crippen molar-refractivity contribution in [1.29, 1.82) is 0 Å². The molecule has 0 bridgehead atoms. The second kappa shape index (κ2) is 8.47. The molecular formula is C20H25N2O3S+. The highest BCUT2D eigenvalue weighted by Crippen LogP contribution is 2.32. The van der Waals surface area contributed by atoms with Gasteiger partial charge in [0, 0.05) is 22.2 Å². The standard InChI is InChI=1S/C20H24N2O3S/c1-14(22(2)13-15-4-7-17(26-3)8-5-15)20(23)21-16-6-9-18-19(12-16)25-11-10-24-18/h4-9,12,14H,10-11,13H2,1-3H3,(H,21,23)/p+1/t14-/m1/s1. The number of thioether (sulfide) groups is 1. The zero-order valence-electron chi connectivity index (χ0n) is 15.4. The molecule has 138 valence electrons. The molecule has 0 radical (unpaired) electrons. The minimum absolute atomic E-state index is 0.0140. The molecule has 2 aromatic rings. The van der Waals surface area contributed by atoms with Gasteiger partial charge in [-0.15, -0.1) is 11.8 Å². The fourth-order valence-electron chi connectivity index (χ4n) is 2.81. The topological polar surface area (TPSA) is 52.0 Å². The molecule has 5 nitrogen and oxygen atoms in total. The first kappa shape index (κ1) is 18.6. The fourth-order valence-corrected chi connectivity index (χ4v) is 3.22. The third kappa shape index (κ3) is 4.51. The number of fused-ring (bicyclic) bond motifs is 1. The largest absolute Gasteiger partial charge is 0.486 e. The molecule has 0 saturated heterocycles. The second-order valence-electron chi connectivity index (χ2n) is 6.44. The highest BCUT2D eigenvalue weighted by atomic mass is 32.2. The maximum absolute atomic E-state index is 12.6. The zero-order chi connectivity index (χ0) is 18.5. The first-order valence-electron chi connectivity index (χ1n) is 8.72. The summed E-state index contributed by atoms with van der Waals surface area (Å²) in [4.78, 5) is 15.0. The number of carbonyl (C=O) groups excluding carboxylic acids is 1. The van der Waals surface area contributed by atoms with Crippen molar-refractivity contribution in [2.24, 2.45) is 0 Å². The number of hydrogen-bond acceptors (Lipinski definition) is 4. The summed E-state index contributed by atoms with van der Waals surface area (Å²) in [5, 5.41) is 2.98. The van der Waals surface area contributed by atoms with E-state index in [9.17, 15) is 4.79 Å². The SMILES string of the molecule is CSc1ccc(C[NH+](C)[C@H](C)C(=O)Nc2ccc3c(c2)OCCO3)cc1. The van der Waals surface area contributed by atoms with Gasteiger partial charge in [0.15, 0.2) is 17.5 Å². The van der Waals surface area contributed by atoms with Crippen molar-refractivity contribution in [2.75, 3.05) is 31.8 Å². The number of quaternary nitrogens is 1. The van der Waals surface area contributed by atoms with Crippen LogP contribution in [0, 0.1) is 0 Å². The Bertz CT molecular complexity index is 764. The lowest BCUT2D eigenvalue weighted by molar-refractivity contribution is -0.907. The van der Waals surface area contributed by atoms with Gasteiger partial charge in [-0.1, -0.05) is 12.1 Å². The molecule has 2 aromatic carbocycles. The van der Waals surface area contributed by atoms with Crippen molar-refractivity contribution in [3.63, 3.8) is 0 Å². The molecule has 0 fully saturated rings. The van der Waals surface area contributed by atoms with Crippen LogP contribution in [0.4, 0.5) is 5.69 Å². The molecule has 1 amide bonds. The van der Waals surface area contributed by atoms with Gasteiger partial charge in [0.2, 0.25) is 0 Å². The van der Waals surface area contributed by atoms with Gasteiger partial charge in [-0.3, -0.25) is 4.79 Å². The van der Waals surface area contributed by atoms with E-state index in [2.05, 4.69) is 35.8 Å². The molecule has 6 heteroatoms. The molecule has 1 heterocycles. The second-order valence-corrected chi connectivity index (χ2v) is 7.32. The van der Waals surface area contributed by atoms with Crippen LogP contribution in [0.1, 0.15) is 12.5 Å². The van der Waals surface area contributed by atoms with Crippen molar-refractivity contribution >= 4 is 23.4 Å². The first-order chi connectivity index (χ1) is 12.6. The predicted octanol–water partition coefficient (Wildman–Crippen LogP) is 2.22. The molecule has 0 saturated carbocycles. The molecular weight excluding hydrogens is 348 g/mol. The van der Waals surface area contributed by atoms with E-state index in [1.165, 1.54) is 10.5 Å². The van der Waals surface area contributed by atoms with E-state index in [4.69, 9.17) is 9.47 Å². The average Bonchev–Trinajstić information content (AvgIpc) is 2.67. The van der Waals surface area contributed by atoms with Gasteiger partial charge < -0.3 is 19.7 Å². The molecule has 1 aliphatic heterocycles. The number of ether oxygens (including phenoxy) is 2. The van der Waals surface area contributed by atoms with Gasteiger partial charge in [0.05, 0.1) is 7.05 Å². The first-order valence-corrected chi connectivity index (χ1v) is 9.95. The Labute approximate surface area is 158 Å². The fraction of sp³-hybridized carbons (Fsp3) is 0.350. The number of hydrogen-bond donors (Lipinski definition) is 2. The van der Waals surface area contributed by atoms with Gasteiger partial charge in [-0.2, -0.15) is 0 Å². The Kier molecular flexibility index (Phi) is 6.06. The summed E-state index contributed by atoms with van der Waals surface area (Å²) in [6, 6.07) is 13.8. The van der Waals surface area contributed by atoms with Crippen LogP contribution in [-0.2, 0) is 11.3 Å². The average molecular weight is 373 g/mol. The minimum Gasteiger partial charge on any atom is -0.486 e. The predicted molar refractivity (Wildman–Crippen MR) is 104 cm³/mol. The van der Waals surface area contributed by atoms with Crippen molar-refractivity contribution < 1.29 is 19.2 Å². The lowest BCUT2D eigenvalue weighted by atomic mass is 10.2. The highest BCUT2D eigenvalue weighted by Gasteiger charge is 2.23. The summed E-state index contributed by atoms with van der Waals surface area (Å²) in [6.07, 6.45) is 2.07. The quantitative estimate of drug-likeness (QED) is 0.763. The molecule has 3 rings (SSSR count). The van der Waals surface area contributed by atoms with Crippen LogP contribution in [0.5, 0.6) is 11.5 Å². The summed E-state index contributed by atoms with van der Waals surface area (Å²) in [6.45, 7) is 3.83. The van der Waals surface area contributed by atoms with Crippen molar-refractivity contribution in [1.82, 2.24) is 0 Å². The molecule has 2 N–H and O–H groups in total. The molecule has 2 atom stereocenters. The van der Waals surface area contributed by atoms with Crippen molar-refractivity contribution in [3.8, 4) is 11.5 Å². The molecule has 0 spiro atoms. The van der Waals surface area contributed by atoms with E-state index >= 15 is 0 Å². The summed E-state index contributed by atoms with van der Waals surface area (Å²) in [5.74, 6) is 1.38. The van der Waals surface area contributed by atoms with Crippen LogP contribution in [0.25, 0.3) is 0 Å². The van der Waals surface area contributed by atoms with Gasteiger partial charge in [-0.05, 0) is 37.4 Å². The number of nitrogens with one attached hydrogen (secondary N) is 2. The van der Waals surface area contributed by atoms with Crippen LogP contribution in [-0.4, -0.2) is 38.5 Å². The van der Waals surface area contributed by atoms with Crippen LogP contribution in [0.15, 0.2) is 47.4 Å². The van der Waals surface area contributed by atoms with E-state index in [-0.39, 0.29) is 11.9 Å². The number of likely N-dealkylation sites (N-methyl/N-ethyl adjacent to an activating group) is 1. The number of anilines is 1. The maximum Gasteiger partial charge on any atom is 0.282 e. The normalized spacial score (nSPS) is 15.2. The monoisotopic (exact) mass is 373 g/mol. The Hall–Kier alpha value is -2.18. The summed E-state index contributed by atoms with van der Waals surface area (Å²) < 4.78 is 11.1. The van der Waals surface area contributed by atoms with Crippen LogP contribution >= 0.6 is 11.8 Å². The van der Waals surface area contributed by atoms with Gasteiger partial charge in [0.1, 0.15) is 19.8 Å². The zero-order valence-corrected chi connectivity index (χ0v) is 16.2. The lowest BCUT2D eigenvalue weighted by Gasteiger charge is -2.22. The van der Waals surface area contributed by atoms with Crippen LogP contribution in [0.3, 0.4) is 0 Å². The molecule has 1 unspecified atom stereocenters. The number of rotatable bonds is 6. The Morgan fingerprint density at radius 2 is 1.85 bits per heavy atom. The molecule has 1 aliphatic rings. The lowest BCUT2D eigenvalue weighted by Crippen LogP contribution is -3.12. The molecule has 26 heavy (non-hydrogen) atoms. The summed E-state index contributed by atoms with van der Waals surface area (Å²) in [7, 11) is 2.04. The van der Waals surface area contributed by atoms with Crippen molar-refractivity contribution in [3.05, 3.63) is 48.0 Å². The molecule has 0 aromatic heterocycles. The smallest absolute Gasteiger partial charge is 0.282 e. The van der Waals surface area contributed by atoms with E-state index in [0.29, 0.717) is 19.0 Å². The maximum atomic E-state index is 12.6. The van der Waals surface area contributed by atoms with Crippen molar-refractivity contribution in [2.45, 2.75) is 24.4 Å². The summed E-state index contributed by atoms with van der Waals surface area (Å²) >= 11 is 1.73. The Balaban J connectivity index is 1.59. The van der Waals surface area contributed by atoms with E-state index in [1.54, 1.807) is 11.8 Å². The highest BCUT2D eigenvalue weighted by molar-refractivity contribution is 7.98. The Morgan fingerprint density at radius 1 is 1.15 bits per heavy atom. The van der Waals surface area contributed by atoms with Crippen LogP contribution in [0.2, 0.25) is 0 Å². The van der Waals surface area contributed by atoms with E-state index in [1.807, 2.05) is 32.2 Å². The van der Waals surface area contributed by atoms with Gasteiger partial charge in [0.25, 0.3) is 5.91 Å². The Morgan fingerprint density at radius 3 is 2.54 bits per heavy atom. The minimum atomic E-state index is -0.177. The van der Waals surface area contributed by atoms with Crippen LogP contribution < -0.4 is 19.7 Å². The van der Waals surface area contributed by atoms with E-state index < -0.39 is 0 Å². The van der Waals surface area contributed by atoms with Gasteiger partial charge in [-0.25, -0.2) is 0 Å². The number of carbonyl (C=O) groups is 1. The summed E-state index contributed by atoms with van der Waals surface area (Å²) in [5.41, 5.74) is 1.95. The molecule has 0 aliphatic carbocycles.